The number of furan rings is 1. The first-order valence-electron chi connectivity index (χ1n) is 9.34. The van der Waals surface area contributed by atoms with Gasteiger partial charge in [0.25, 0.3) is 15.9 Å². The molecule has 2 aromatic carbocycles. The van der Waals surface area contributed by atoms with Crippen LogP contribution in [0.25, 0.3) is 0 Å². The number of carbonyl (C=O) groups excluding carboxylic acids is 2. The van der Waals surface area contributed by atoms with E-state index < -0.39 is 27.9 Å². The van der Waals surface area contributed by atoms with E-state index in [-0.39, 0.29) is 27.7 Å². The minimum Gasteiger partial charge on any atom is -0.467 e. The van der Waals surface area contributed by atoms with Gasteiger partial charge in [-0.15, -0.1) is 0 Å². The van der Waals surface area contributed by atoms with Gasteiger partial charge in [0.05, 0.1) is 17.8 Å². The lowest BCUT2D eigenvalue weighted by Crippen LogP contribution is -2.44. The third-order valence-electron chi connectivity index (χ3n) is 4.34. The zero-order valence-electron chi connectivity index (χ0n) is 16.8. The van der Waals surface area contributed by atoms with Crippen LogP contribution in [-0.2, 0) is 21.4 Å². The Morgan fingerprint density at radius 3 is 2.44 bits per heavy atom. The summed E-state index contributed by atoms with van der Waals surface area (Å²) >= 11 is 11.9. The number of hydrogen-bond acceptors (Lipinski definition) is 5. The first-order chi connectivity index (χ1) is 15.2. The average molecular weight is 496 g/mol. The van der Waals surface area contributed by atoms with Gasteiger partial charge in [-0.1, -0.05) is 23.2 Å². The maximum Gasteiger partial charge on any atom is 0.263 e. The molecule has 0 fully saturated rings. The second-order valence-corrected chi connectivity index (χ2v) is 9.24. The fourth-order valence-corrected chi connectivity index (χ4v) is 4.38. The van der Waals surface area contributed by atoms with Crippen molar-refractivity contribution in [1.29, 1.82) is 0 Å². The van der Waals surface area contributed by atoms with Gasteiger partial charge in [-0.05, 0) is 61.5 Å². The molecule has 168 valence electrons. The smallest absolute Gasteiger partial charge is 0.263 e. The highest BCUT2D eigenvalue weighted by Gasteiger charge is 2.22. The van der Waals surface area contributed by atoms with Gasteiger partial charge in [0.2, 0.25) is 5.91 Å². The third kappa shape index (κ3) is 6.03. The van der Waals surface area contributed by atoms with E-state index >= 15 is 0 Å². The van der Waals surface area contributed by atoms with Crippen molar-refractivity contribution in [1.82, 2.24) is 10.6 Å². The normalized spacial score (nSPS) is 12.1. The molecular formula is C21H19Cl2N3O5S. The van der Waals surface area contributed by atoms with Crippen LogP contribution in [0.3, 0.4) is 0 Å². The topological polar surface area (TPSA) is 118 Å². The van der Waals surface area contributed by atoms with Gasteiger partial charge in [-0.3, -0.25) is 14.3 Å². The number of amides is 2. The lowest BCUT2D eigenvalue weighted by Gasteiger charge is -2.15. The van der Waals surface area contributed by atoms with Crippen LogP contribution in [0.1, 0.15) is 23.0 Å². The fourth-order valence-electron chi connectivity index (χ4n) is 2.66. The van der Waals surface area contributed by atoms with Crippen LogP contribution >= 0.6 is 23.2 Å². The van der Waals surface area contributed by atoms with Gasteiger partial charge >= 0.3 is 0 Å². The van der Waals surface area contributed by atoms with Crippen molar-refractivity contribution in [2.45, 2.75) is 24.4 Å². The predicted molar refractivity (Wildman–Crippen MR) is 121 cm³/mol. The average Bonchev–Trinajstić information content (AvgIpc) is 3.27. The summed E-state index contributed by atoms with van der Waals surface area (Å²) in [6, 6.07) is 12.4. The van der Waals surface area contributed by atoms with Crippen molar-refractivity contribution in [3.63, 3.8) is 0 Å². The van der Waals surface area contributed by atoms with Crippen LogP contribution in [0.5, 0.6) is 0 Å². The summed E-state index contributed by atoms with van der Waals surface area (Å²) in [5.41, 5.74) is 0.304. The van der Waals surface area contributed by atoms with E-state index in [1.54, 1.807) is 12.1 Å². The SMILES string of the molecule is CC(NC(=O)c1ccc(Cl)c(S(=O)(=O)Nc2ccc(Cl)cc2)c1)C(=O)NCc1ccco1. The lowest BCUT2D eigenvalue weighted by atomic mass is 10.2. The van der Waals surface area contributed by atoms with Crippen molar-refractivity contribution in [3.8, 4) is 0 Å². The molecule has 8 nitrogen and oxygen atoms in total. The number of hydrogen-bond donors (Lipinski definition) is 3. The molecule has 0 radical (unpaired) electrons. The first kappa shape index (κ1) is 23.6. The Balaban J connectivity index is 1.70. The van der Waals surface area contributed by atoms with E-state index in [1.165, 1.54) is 49.6 Å². The number of nitrogens with one attached hydrogen (secondary N) is 3. The molecule has 0 bridgehead atoms. The second-order valence-electron chi connectivity index (χ2n) is 6.75. The van der Waals surface area contributed by atoms with Crippen molar-refractivity contribution in [3.05, 3.63) is 82.2 Å². The van der Waals surface area contributed by atoms with Crippen LogP contribution in [0, 0.1) is 0 Å². The Hall–Kier alpha value is -3.01. The molecule has 3 aromatic rings. The third-order valence-corrected chi connectivity index (χ3v) is 6.45. The number of benzene rings is 2. The molecule has 0 spiro atoms. The molecule has 0 saturated carbocycles. The Labute approximate surface area is 195 Å². The van der Waals surface area contributed by atoms with Gasteiger partial charge < -0.3 is 15.1 Å². The summed E-state index contributed by atoms with van der Waals surface area (Å²) in [4.78, 5) is 24.5. The Morgan fingerprint density at radius 2 is 1.78 bits per heavy atom. The minimum absolute atomic E-state index is 0.0246. The first-order valence-corrected chi connectivity index (χ1v) is 11.6. The molecule has 1 unspecified atom stereocenters. The highest BCUT2D eigenvalue weighted by Crippen LogP contribution is 2.25. The molecule has 0 aliphatic carbocycles. The van der Waals surface area contributed by atoms with E-state index in [0.717, 1.165) is 6.07 Å². The molecule has 1 aromatic heterocycles. The molecule has 0 aliphatic heterocycles. The Kier molecular flexibility index (Phi) is 7.44. The minimum atomic E-state index is -4.09. The fraction of sp³-hybridized carbons (Fsp3) is 0.143. The molecule has 2 amide bonds. The summed E-state index contributed by atoms with van der Waals surface area (Å²) < 4.78 is 33.1. The Morgan fingerprint density at radius 1 is 1.06 bits per heavy atom. The maximum atomic E-state index is 12.8. The van der Waals surface area contributed by atoms with Crippen molar-refractivity contribution >= 4 is 50.7 Å². The van der Waals surface area contributed by atoms with Gasteiger partial charge in [0, 0.05) is 16.3 Å². The maximum absolute atomic E-state index is 12.8. The molecule has 3 N–H and O–H groups in total. The second kappa shape index (κ2) is 10.1. The van der Waals surface area contributed by atoms with E-state index in [2.05, 4.69) is 15.4 Å². The monoisotopic (exact) mass is 495 g/mol. The van der Waals surface area contributed by atoms with E-state index in [9.17, 15) is 18.0 Å². The van der Waals surface area contributed by atoms with E-state index in [4.69, 9.17) is 27.6 Å². The van der Waals surface area contributed by atoms with Crippen LogP contribution in [0.4, 0.5) is 5.69 Å². The number of rotatable bonds is 8. The number of sulfonamides is 1. The van der Waals surface area contributed by atoms with Crippen LogP contribution in [0.15, 0.2) is 70.2 Å². The number of carbonyl (C=O) groups is 2. The lowest BCUT2D eigenvalue weighted by molar-refractivity contribution is -0.122. The van der Waals surface area contributed by atoms with Gasteiger partial charge in [0.1, 0.15) is 16.7 Å². The molecule has 32 heavy (non-hydrogen) atoms. The summed E-state index contributed by atoms with van der Waals surface area (Å²) in [6.45, 7) is 1.68. The summed E-state index contributed by atoms with van der Waals surface area (Å²) in [6.07, 6.45) is 1.49. The molecule has 11 heteroatoms. The van der Waals surface area contributed by atoms with E-state index in [1.807, 2.05) is 0 Å². The van der Waals surface area contributed by atoms with Gasteiger partial charge in [-0.2, -0.15) is 0 Å². The van der Waals surface area contributed by atoms with Gasteiger partial charge in [0.15, 0.2) is 0 Å². The highest BCUT2D eigenvalue weighted by molar-refractivity contribution is 7.92. The largest absolute Gasteiger partial charge is 0.467 e. The van der Waals surface area contributed by atoms with Crippen LogP contribution in [-0.4, -0.2) is 26.3 Å². The quantitative estimate of drug-likeness (QED) is 0.438. The van der Waals surface area contributed by atoms with Crippen molar-refractivity contribution in [2.24, 2.45) is 0 Å². The zero-order chi connectivity index (χ0) is 23.3. The number of anilines is 1. The molecule has 0 aliphatic rings. The Bertz CT molecular complexity index is 1210. The van der Waals surface area contributed by atoms with Crippen LogP contribution < -0.4 is 15.4 Å². The summed E-state index contributed by atoms with van der Waals surface area (Å²) in [5.74, 6) is -0.496. The van der Waals surface area contributed by atoms with Crippen molar-refractivity contribution in [2.75, 3.05) is 4.72 Å². The summed E-state index contributed by atoms with van der Waals surface area (Å²) in [7, 11) is -4.09. The molecular weight excluding hydrogens is 477 g/mol. The summed E-state index contributed by atoms with van der Waals surface area (Å²) in [5, 5.41) is 5.55. The van der Waals surface area contributed by atoms with Gasteiger partial charge in [-0.25, -0.2) is 8.42 Å². The highest BCUT2D eigenvalue weighted by atomic mass is 35.5. The molecule has 1 heterocycles. The predicted octanol–water partition coefficient (Wildman–Crippen LogP) is 3.82. The number of halogens is 2. The molecule has 3 rings (SSSR count). The zero-order valence-corrected chi connectivity index (χ0v) is 19.1. The molecule has 1 atom stereocenters. The molecule has 0 saturated heterocycles. The van der Waals surface area contributed by atoms with Crippen molar-refractivity contribution < 1.29 is 22.4 Å². The van der Waals surface area contributed by atoms with Crippen LogP contribution in [0.2, 0.25) is 10.0 Å². The standard InChI is InChI=1S/C21H19Cl2N3O5S/c1-13(20(27)24-12-17-3-2-10-31-17)25-21(28)14-4-9-18(23)19(11-14)32(29,30)26-16-7-5-15(22)6-8-16/h2-11,13,26H,12H2,1H3,(H,24,27)(H,25,28). The van der Waals surface area contributed by atoms with E-state index in [0.29, 0.717) is 10.8 Å².